The average Bonchev–Trinajstić information content (AvgIpc) is 2.60. The van der Waals surface area contributed by atoms with Crippen molar-refractivity contribution in [2.24, 2.45) is 0 Å². The van der Waals surface area contributed by atoms with Crippen LogP contribution in [0.4, 0.5) is 5.69 Å². The molecule has 0 saturated carbocycles. The van der Waals surface area contributed by atoms with Gasteiger partial charge in [0.25, 0.3) is 5.69 Å². The van der Waals surface area contributed by atoms with Gasteiger partial charge in [-0.25, -0.2) is 13.2 Å². The number of esters is 1. The van der Waals surface area contributed by atoms with E-state index in [0.29, 0.717) is 29.8 Å². The molecule has 0 spiro atoms. The van der Waals surface area contributed by atoms with Gasteiger partial charge in [-0.2, -0.15) is 0 Å². The zero-order valence-corrected chi connectivity index (χ0v) is 15.8. The van der Waals surface area contributed by atoms with Crippen LogP contribution in [-0.4, -0.2) is 31.7 Å². The van der Waals surface area contributed by atoms with Gasteiger partial charge in [-0.15, -0.1) is 0 Å². The van der Waals surface area contributed by atoms with Crippen LogP contribution in [0.3, 0.4) is 0 Å². The molecule has 0 bridgehead atoms. The first-order valence-corrected chi connectivity index (χ1v) is 10.3. The summed E-state index contributed by atoms with van der Waals surface area (Å²) in [6.45, 7) is 3.48. The lowest BCUT2D eigenvalue weighted by Gasteiger charge is -2.34. The fourth-order valence-corrected chi connectivity index (χ4v) is 5.48. The molecule has 0 radical (unpaired) electrons. The molecule has 8 nitrogen and oxygen atoms in total. The van der Waals surface area contributed by atoms with Gasteiger partial charge in [0.1, 0.15) is 0 Å². The summed E-state index contributed by atoms with van der Waals surface area (Å²) in [6.07, 6.45) is 1.02. The fourth-order valence-electron chi connectivity index (χ4n) is 3.59. The molecule has 2 aliphatic rings. The van der Waals surface area contributed by atoms with Crippen LogP contribution in [0, 0.1) is 10.1 Å². The highest BCUT2D eigenvalue weighted by Gasteiger charge is 2.42. The second-order valence-corrected chi connectivity index (χ2v) is 8.51. The maximum atomic E-state index is 12.8. The lowest BCUT2D eigenvalue weighted by Crippen LogP contribution is -2.35. The first-order valence-electron chi connectivity index (χ1n) is 8.61. The fraction of sp³-hybridized carbons (Fsp3) is 0.389. The number of hydrogen-bond donors (Lipinski definition) is 1. The van der Waals surface area contributed by atoms with E-state index in [1.807, 2.05) is 0 Å². The van der Waals surface area contributed by atoms with Gasteiger partial charge >= 0.3 is 5.97 Å². The smallest absolute Gasteiger partial charge is 0.336 e. The zero-order chi connectivity index (χ0) is 19.8. The van der Waals surface area contributed by atoms with Crippen molar-refractivity contribution in [1.29, 1.82) is 0 Å². The van der Waals surface area contributed by atoms with E-state index in [1.54, 1.807) is 19.9 Å². The number of sulfone groups is 1. The summed E-state index contributed by atoms with van der Waals surface area (Å²) in [6, 6.07) is 5.74. The summed E-state index contributed by atoms with van der Waals surface area (Å²) >= 11 is 0. The summed E-state index contributed by atoms with van der Waals surface area (Å²) in [4.78, 5) is 23.4. The molecule has 0 aromatic heterocycles. The minimum atomic E-state index is -3.61. The Morgan fingerprint density at radius 2 is 2.15 bits per heavy atom. The van der Waals surface area contributed by atoms with E-state index < -0.39 is 26.6 Å². The third kappa shape index (κ3) is 3.46. The minimum absolute atomic E-state index is 0.0197. The summed E-state index contributed by atoms with van der Waals surface area (Å²) < 4.78 is 30.8. The first kappa shape index (κ1) is 19.1. The second kappa shape index (κ2) is 7.15. The van der Waals surface area contributed by atoms with E-state index >= 15 is 0 Å². The number of ether oxygens (including phenoxy) is 1. The van der Waals surface area contributed by atoms with Gasteiger partial charge in [-0.05, 0) is 32.3 Å². The Morgan fingerprint density at radius 3 is 2.81 bits per heavy atom. The molecule has 3 rings (SSSR count). The standard InChI is InChI=1S/C18H20N2O6S/c1-3-26-18(21)15-11(2)19-14-8-5-9-27(24,25)17(14)16(15)12-6-4-7-13(10-12)20(22)23/h4,6-7,10,16,19H,3,5,8-9H2,1-2H3. The van der Waals surface area contributed by atoms with Crippen LogP contribution in [0.25, 0.3) is 0 Å². The van der Waals surface area contributed by atoms with Crippen LogP contribution in [-0.2, 0) is 19.4 Å². The van der Waals surface area contributed by atoms with Crippen molar-refractivity contribution in [3.63, 3.8) is 0 Å². The van der Waals surface area contributed by atoms with E-state index in [9.17, 15) is 23.3 Å². The molecular formula is C18H20N2O6S. The molecule has 2 aliphatic heterocycles. The Hall–Kier alpha value is -2.68. The number of rotatable bonds is 4. The summed E-state index contributed by atoms with van der Waals surface area (Å²) in [7, 11) is -3.61. The highest BCUT2D eigenvalue weighted by Crippen LogP contribution is 2.44. The Morgan fingerprint density at radius 1 is 1.41 bits per heavy atom. The van der Waals surface area contributed by atoms with Crippen LogP contribution >= 0.6 is 0 Å². The SMILES string of the molecule is CCOC(=O)C1=C(C)NC2=C(C1c1cccc([N+](=O)[O-])c1)S(=O)(=O)CCC2. The van der Waals surface area contributed by atoms with Crippen molar-refractivity contribution < 1.29 is 22.9 Å². The number of carbonyl (C=O) groups excluding carboxylic acids is 1. The van der Waals surface area contributed by atoms with Crippen LogP contribution in [0.5, 0.6) is 0 Å². The number of nitro groups is 1. The van der Waals surface area contributed by atoms with Crippen LogP contribution < -0.4 is 5.32 Å². The largest absolute Gasteiger partial charge is 0.463 e. The molecule has 1 N–H and O–H groups in total. The number of non-ortho nitro benzene ring substituents is 1. The quantitative estimate of drug-likeness (QED) is 0.475. The number of nitrogens with one attached hydrogen (secondary N) is 1. The lowest BCUT2D eigenvalue weighted by molar-refractivity contribution is -0.384. The summed E-state index contributed by atoms with van der Waals surface area (Å²) in [5.74, 6) is -1.58. The molecule has 1 atom stereocenters. The number of hydrogen-bond acceptors (Lipinski definition) is 7. The van der Waals surface area contributed by atoms with E-state index in [2.05, 4.69) is 5.32 Å². The molecule has 1 aromatic carbocycles. The van der Waals surface area contributed by atoms with Gasteiger partial charge < -0.3 is 10.1 Å². The van der Waals surface area contributed by atoms with Gasteiger partial charge in [-0.3, -0.25) is 10.1 Å². The van der Waals surface area contributed by atoms with E-state index in [1.165, 1.54) is 18.2 Å². The predicted molar refractivity (Wildman–Crippen MR) is 98.4 cm³/mol. The monoisotopic (exact) mass is 392 g/mol. The molecule has 0 fully saturated rings. The highest BCUT2D eigenvalue weighted by molar-refractivity contribution is 7.95. The summed E-state index contributed by atoms with van der Waals surface area (Å²) in [5.41, 5.74) is 1.43. The maximum Gasteiger partial charge on any atom is 0.336 e. The van der Waals surface area contributed by atoms with E-state index in [-0.39, 0.29) is 28.5 Å². The maximum absolute atomic E-state index is 12.8. The molecule has 0 saturated heterocycles. The lowest BCUT2D eigenvalue weighted by atomic mass is 9.85. The molecule has 144 valence electrons. The third-order valence-electron chi connectivity index (χ3n) is 4.68. The van der Waals surface area contributed by atoms with Gasteiger partial charge in [0, 0.05) is 23.5 Å². The van der Waals surface area contributed by atoms with Crippen LogP contribution in [0.1, 0.15) is 38.2 Å². The number of allylic oxidation sites excluding steroid dienone is 3. The van der Waals surface area contributed by atoms with Crippen LogP contribution in [0.2, 0.25) is 0 Å². The predicted octanol–water partition coefficient (Wildman–Crippen LogP) is 2.54. The Balaban J connectivity index is 2.25. The first-order chi connectivity index (χ1) is 12.8. The number of dihydropyridines is 1. The molecule has 2 heterocycles. The van der Waals surface area contributed by atoms with Crippen LogP contribution in [0.15, 0.2) is 46.1 Å². The van der Waals surface area contributed by atoms with Crippen molar-refractivity contribution in [3.05, 3.63) is 61.8 Å². The molecule has 27 heavy (non-hydrogen) atoms. The Kier molecular flexibility index (Phi) is 5.05. The van der Waals surface area contributed by atoms with Gasteiger partial charge in [-0.1, -0.05) is 12.1 Å². The van der Waals surface area contributed by atoms with Crippen molar-refractivity contribution >= 4 is 21.5 Å². The van der Waals surface area contributed by atoms with Crippen molar-refractivity contribution in [2.45, 2.75) is 32.6 Å². The number of nitrogens with zero attached hydrogens (tertiary/aromatic N) is 1. The molecule has 1 unspecified atom stereocenters. The van der Waals surface area contributed by atoms with Crippen molar-refractivity contribution in [3.8, 4) is 0 Å². The average molecular weight is 392 g/mol. The zero-order valence-electron chi connectivity index (χ0n) is 15.0. The van der Waals surface area contributed by atoms with Gasteiger partial charge in [0.15, 0.2) is 9.84 Å². The number of nitro benzene ring substituents is 1. The second-order valence-electron chi connectivity index (χ2n) is 6.43. The van der Waals surface area contributed by atoms with Crippen molar-refractivity contribution in [2.75, 3.05) is 12.4 Å². The highest BCUT2D eigenvalue weighted by atomic mass is 32.2. The number of carbonyl (C=O) groups is 1. The topological polar surface area (TPSA) is 116 Å². The Labute approximate surface area is 157 Å². The minimum Gasteiger partial charge on any atom is -0.463 e. The molecular weight excluding hydrogens is 372 g/mol. The molecule has 0 amide bonds. The Bertz CT molecular complexity index is 977. The molecule has 9 heteroatoms. The third-order valence-corrected chi connectivity index (χ3v) is 6.65. The van der Waals surface area contributed by atoms with Gasteiger partial charge in [0.05, 0.1) is 33.7 Å². The molecule has 1 aromatic rings. The summed E-state index contributed by atoms with van der Waals surface area (Å²) in [5, 5.41) is 14.2. The number of benzene rings is 1. The van der Waals surface area contributed by atoms with Gasteiger partial charge in [0.2, 0.25) is 0 Å². The molecule has 0 aliphatic carbocycles. The normalized spacial score (nSPS) is 21.3. The van der Waals surface area contributed by atoms with Crippen molar-refractivity contribution in [1.82, 2.24) is 5.32 Å². The van der Waals surface area contributed by atoms with E-state index in [0.717, 1.165) is 0 Å². The van der Waals surface area contributed by atoms with E-state index in [4.69, 9.17) is 4.74 Å².